The molecule has 0 radical (unpaired) electrons. The molecule has 0 aliphatic carbocycles. The number of pyridine rings is 1. The third-order valence-electron chi connectivity index (χ3n) is 2.66. The molecule has 1 heterocycles. The van der Waals surface area contributed by atoms with Gasteiger partial charge in [0, 0.05) is 22.3 Å². The topological polar surface area (TPSA) is 50.9 Å². The zero-order valence-electron chi connectivity index (χ0n) is 10.5. The van der Waals surface area contributed by atoms with Crippen molar-refractivity contribution in [3.05, 3.63) is 57.7 Å². The molecule has 0 fully saturated rings. The third-order valence-corrected chi connectivity index (χ3v) is 3.67. The molecule has 19 heavy (non-hydrogen) atoms. The Balaban J connectivity index is 2.16. The Morgan fingerprint density at radius 3 is 2.79 bits per heavy atom. The Bertz CT molecular complexity index is 613. The van der Waals surface area contributed by atoms with E-state index in [1.807, 2.05) is 37.3 Å². The third kappa shape index (κ3) is 3.75. The van der Waals surface area contributed by atoms with Crippen LogP contribution in [-0.2, 0) is 6.54 Å². The van der Waals surface area contributed by atoms with Gasteiger partial charge in [0.1, 0.15) is 10.8 Å². The number of hydrogen-bond donors (Lipinski definition) is 2. The number of rotatable bonds is 4. The van der Waals surface area contributed by atoms with Crippen LogP contribution in [-0.4, -0.2) is 9.97 Å². The SMILES string of the molecule is Cc1cc(C(N)=S)cc(NCc2ccccc2Br)n1. The highest BCUT2D eigenvalue weighted by Crippen LogP contribution is 2.18. The maximum absolute atomic E-state index is 5.65. The van der Waals surface area contributed by atoms with Crippen LogP contribution in [0.5, 0.6) is 0 Å². The molecule has 2 rings (SSSR count). The van der Waals surface area contributed by atoms with Gasteiger partial charge in [-0.2, -0.15) is 0 Å². The van der Waals surface area contributed by atoms with E-state index in [4.69, 9.17) is 18.0 Å². The van der Waals surface area contributed by atoms with E-state index in [1.54, 1.807) is 0 Å². The number of anilines is 1. The average molecular weight is 336 g/mol. The van der Waals surface area contributed by atoms with E-state index in [-0.39, 0.29) is 0 Å². The average Bonchev–Trinajstić information content (AvgIpc) is 2.37. The molecule has 1 aromatic heterocycles. The van der Waals surface area contributed by atoms with Gasteiger partial charge in [0.15, 0.2) is 0 Å². The maximum Gasteiger partial charge on any atom is 0.127 e. The van der Waals surface area contributed by atoms with Crippen molar-refractivity contribution in [1.82, 2.24) is 4.98 Å². The van der Waals surface area contributed by atoms with Gasteiger partial charge < -0.3 is 11.1 Å². The maximum atomic E-state index is 5.65. The quantitative estimate of drug-likeness (QED) is 0.841. The summed E-state index contributed by atoms with van der Waals surface area (Å²) in [5.74, 6) is 0.776. The van der Waals surface area contributed by atoms with Crippen molar-refractivity contribution in [2.45, 2.75) is 13.5 Å². The number of aromatic nitrogens is 1. The van der Waals surface area contributed by atoms with E-state index in [0.717, 1.165) is 21.5 Å². The monoisotopic (exact) mass is 335 g/mol. The van der Waals surface area contributed by atoms with Crippen LogP contribution in [0.1, 0.15) is 16.8 Å². The number of nitrogens with one attached hydrogen (secondary N) is 1. The Morgan fingerprint density at radius 2 is 2.11 bits per heavy atom. The Labute approximate surface area is 126 Å². The molecular weight excluding hydrogens is 322 g/mol. The van der Waals surface area contributed by atoms with Crippen molar-refractivity contribution in [3.63, 3.8) is 0 Å². The summed E-state index contributed by atoms with van der Waals surface area (Å²) in [7, 11) is 0. The molecule has 0 spiro atoms. The van der Waals surface area contributed by atoms with Crippen LogP contribution in [0.4, 0.5) is 5.82 Å². The lowest BCUT2D eigenvalue weighted by molar-refractivity contribution is 1.08. The summed E-state index contributed by atoms with van der Waals surface area (Å²) < 4.78 is 1.07. The first-order valence-electron chi connectivity index (χ1n) is 5.82. The van der Waals surface area contributed by atoms with E-state index in [0.29, 0.717) is 11.5 Å². The van der Waals surface area contributed by atoms with Gasteiger partial charge >= 0.3 is 0 Å². The molecule has 5 heteroatoms. The minimum absolute atomic E-state index is 0.384. The van der Waals surface area contributed by atoms with Crippen LogP contribution in [0.3, 0.4) is 0 Å². The van der Waals surface area contributed by atoms with E-state index < -0.39 is 0 Å². The molecule has 0 aliphatic heterocycles. The highest BCUT2D eigenvalue weighted by Gasteiger charge is 2.03. The summed E-state index contributed by atoms with van der Waals surface area (Å²) >= 11 is 8.52. The number of benzene rings is 1. The van der Waals surface area contributed by atoms with Gasteiger partial charge in [-0.15, -0.1) is 0 Å². The van der Waals surface area contributed by atoms with Crippen molar-refractivity contribution in [1.29, 1.82) is 0 Å². The predicted octanol–water partition coefficient (Wildman–Crippen LogP) is 3.40. The predicted molar refractivity (Wildman–Crippen MR) is 86.3 cm³/mol. The van der Waals surface area contributed by atoms with Crippen LogP contribution in [0, 0.1) is 6.92 Å². The highest BCUT2D eigenvalue weighted by molar-refractivity contribution is 9.10. The molecule has 0 saturated heterocycles. The van der Waals surface area contributed by atoms with Gasteiger partial charge in [-0.3, -0.25) is 0 Å². The van der Waals surface area contributed by atoms with Crippen LogP contribution < -0.4 is 11.1 Å². The van der Waals surface area contributed by atoms with Crippen molar-refractivity contribution >= 4 is 39.0 Å². The first-order valence-corrected chi connectivity index (χ1v) is 7.02. The summed E-state index contributed by atoms with van der Waals surface area (Å²) in [6.07, 6.45) is 0. The smallest absolute Gasteiger partial charge is 0.127 e. The first-order chi connectivity index (χ1) is 9.06. The zero-order chi connectivity index (χ0) is 13.8. The van der Waals surface area contributed by atoms with Crippen LogP contribution in [0.2, 0.25) is 0 Å². The summed E-state index contributed by atoms with van der Waals surface area (Å²) in [5.41, 5.74) is 8.54. The number of halogens is 1. The van der Waals surface area contributed by atoms with Crippen molar-refractivity contribution in [2.24, 2.45) is 5.73 Å². The molecule has 0 amide bonds. The van der Waals surface area contributed by atoms with Gasteiger partial charge in [-0.25, -0.2) is 4.98 Å². The fourth-order valence-corrected chi connectivity index (χ4v) is 2.27. The number of nitrogens with zero attached hydrogens (tertiary/aromatic N) is 1. The Morgan fingerprint density at radius 1 is 1.37 bits per heavy atom. The van der Waals surface area contributed by atoms with Gasteiger partial charge in [-0.05, 0) is 30.7 Å². The summed E-state index contributed by atoms with van der Waals surface area (Å²) in [6.45, 7) is 2.61. The highest BCUT2D eigenvalue weighted by atomic mass is 79.9. The lowest BCUT2D eigenvalue weighted by Gasteiger charge is -2.09. The second-order valence-corrected chi connectivity index (χ2v) is 5.49. The number of nitrogens with two attached hydrogens (primary N) is 1. The fourth-order valence-electron chi connectivity index (χ4n) is 1.73. The lowest BCUT2D eigenvalue weighted by atomic mass is 10.2. The molecule has 0 aliphatic rings. The minimum Gasteiger partial charge on any atom is -0.389 e. The lowest BCUT2D eigenvalue weighted by Crippen LogP contribution is -2.11. The standard InChI is InChI=1S/C14H14BrN3S/c1-9-6-11(14(16)19)7-13(18-9)17-8-10-4-2-3-5-12(10)15/h2-7H,8H2,1H3,(H2,16,19)(H,17,18). The molecule has 0 saturated carbocycles. The summed E-state index contributed by atoms with van der Waals surface area (Å²) in [4.78, 5) is 4.80. The summed E-state index contributed by atoms with van der Waals surface area (Å²) in [5, 5.41) is 3.28. The normalized spacial score (nSPS) is 10.2. The van der Waals surface area contributed by atoms with Crippen LogP contribution in [0.25, 0.3) is 0 Å². The first kappa shape index (κ1) is 14.0. The van der Waals surface area contributed by atoms with Gasteiger partial charge in [0.05, 0.1) is 0 Å². The van der Waals surface area contributed by atoms with E-state index in [2.05, 4.69) is 32.3 Å². The van der Waals surface area contributed by atoms with Crippen LogP contribution >= 0.6 is 28.1 Å². The van der Waals surface area contributed by atoms with Crippen molar-refractivity contribution < 1.29 is 0 Å². The minimum atomic E-state index is 0.384. The second-order valence-electron chi connectivity index (χ2n) is 4.19. The molecule has 3 nitrogen and oxygen atoms in total. The van der Waals surface area contributed by atoms with Crippen molar-refractivity contribution in [3.8, 4) is 0 Å². The summed E-state index contributed by atoms with van der Waals surface area (Å²) in [6, 6.07) is 11.8. The Kier molecular flexibility index (Phi) is 4.50. The number of thiocarbonyl (C=S) groups is 1. The molecular formula is C14H14BrN3S. The van der Waals surface area contributed by atoms with E-state index in [9.17, 15) is 0 Å². The molecule has 1 aromatic carbocycles. The van der Waals surface area contributed by atoms with Gasteiger partial charge in [-0.1, -0.05) is 46.3 Å². The van der Waals surface area contributed by atoms with Gasteiger partial charge in [0.25, 0.3) is 0 Å². The Hall–Kier alpha value is -1.46. The fraction of sp³-hybridized carbons (Fsp3) is 0.143. The molecule has 0 bridgehead atoms. The largest absolute Gasteiger partial charge is 0.389 e. The van der Waals surface area contributed by atoms with Crippen LogP contribution in [0.15, 0.2) is 40.9 Å². The molecule has 0 atom stereocenters. The molecule has 0 unspecified atom stereocenters. The van der Waals surface area contributed by atoms with E-state index >= 15 is 0 Å². The van der Waals surface area contributed by atoms with Gasteiger partial charge in [0.2, 0.25) is 0 Å². The number of hydrogen-bond acceptors (Lipinski definition) is 3. The number of aryl methyl sites for hydroxylation is 1. The van der Waals surface area contributed by atoms with Crippen molar-refractivity contribution in [2.75, 3.05) is 5.32 Å². The second kappa shape index (κ2) is 6.12. The van der Waals surface area contributed by atoms with E-state index in [1.165, 1.54) is 5.56 Å². The molecule has 3 N–H and O–H groups in total. The zero-order valence-corrected chi connectivity index (χ0v) is 12.9. The molecule has 2 aromatic rings. The molecule has 98 valence electrons.